The van der Waals surface area contributed by atoms with Gasteiger partial charge in [0, 0.05) is 0 Å². The molecule has 0 unspecified atom stereocenters. The highest BCUT2D eigenvalue weighted by Crippen LogP contribution is 2.29. The first kappa shape index (κ1) is 11.8. The van der Waals surface area contributed by atoms with Crippen LogP contribution in [0.1, 0.15) is 22.5 Å². The van der Waals surface area contributed by atoms with E-state index in [1.165, 1.54) is 0 Å². The predicted octanol–water partition coefficient (Wildman–Crippen LogP) is 0.919. The summed E-state index contributed by atoms with van der Waals surface area (Å²) in [4.78, 5) is 32.1. The van der Waals surface area contributed by atoms with Crippen molar-refractivity contribution in [3.8, 4) is 0 Å². The predicted molar refractivity (Wildman–Crippen MR) is 45.6 cm³/mol. The number of hydrogen-bond acceptors (Lipinski definition) is 4. The molecule has 7 nitrogen and oxygen atoms in total. The lowest BCUT2D eigenvalue weighted by atomic mass is 10.1. The summed E-state index contributed by atoms with van der Waals surface area (Å²) < 4.78 is 24.9. The summed E-state index contributed by atoms with van der Waals surface area (Å²) in [7, 11) is 0. The van der Waals surface area contributed by atoms with Crippen molar-refractivity contribution >= 4 is 11.7 Å². The topological polar surface area (TPSA) is 113 Å². The average molecular weight is 234 g/mol. The Morgan fingerprint density at radius 2 is 2.12 bits per heavy atom. The quantitative estimate of drug-likeness (QED) is 0.596. The Morgan fingerprint density at radius 3 is 2.50 bits per heavy atom. The molecule has 1 heterocycles. The molecular formula is C7H4F2N2O5. The second kappa shape index (κ2) is 4.04. The van der Waals surface area contributed by atoms with Crippen molar-refractivity contribution in [1.29, 1.82) is 0 Å². The molecule has 86 valence electrons. The normalized spacial score (nSPS) is 10.4. The number of carboxylic acids is 1. The molecule has 0 amide bonds. The van der Waals surface area contributed by atoms with Crippen LogP contribution in [0.5, 0.6) is 0 Å². The second-order valence-corrected chi connectivity index (χ2v) is 2.67. The first-order chi connectivity index (χ1) is 7.34. The monoisotopic (exact) mass is 234 g/mol. The lowest BCUT2D eigenvalue weighted by Crippen LogP contribution is -2.17. The molecule has 0 aliphatic heterocycles. The zero-order valence-corrected chi connectivity index (χ0v) is 7.44. The molecule has 0 atom stereocenters. The van der Waals surface area contributed by atoms with Gasteiger partial charge in [-0.1, -0.05) is 0 Å². The minimum Gasteiger partial charge on any atom is -0.477 e. The highest BCUT2D eigenvalue weighted by Gasteiger charge is 2.29. The van der Waals surface area contributed by atoms with Crippen LogP contribution >= 0.6 is 0 Å². The van der Waals surface area contributed by atoms with E-state index in [0.717, 1.165) is 0 Å². The van der Waals surface area contributed by atoms with Crippen LogP contribution in [0, 0.1) is 10.1 Å². The Bertz CT molecular complexity index is 472. The molecule has 0 saturated heterocycles. The third-order valence-electron chi connectivity index (χ3n) is 1.69. The molecule has 1 aromatic rings. The van der Waals surface area contributed by atoms with Crippen LogP contribution < -0.4 is 5.56 Å². The molecule has 0 aliphatic rings. The second-order valence-electron chi connectivity index (χ2n) is 2.67. The number of carbonyl (C=O) groups is 1. The van der Waals surface area contributed by atoms with Gasteiger partial charge in [0.05, 0.1) is 11.0 Å². The number of rotatable bonds is 3. The maximum atomic E-state index is 12.5. The van der Waals surface area contributed by atoms with E-state index in [4.69, 9.17) is 5.11 Å². The van der Waals surface area contributed by atoms with Crippen molar-refractivity contribution < 1.29 is 23.6 Å². The van der Waals surface area contributed by atoms with Gasteiger partial charge in [0.25, 0.3) is 17.7 Å². The smallest absolute Gasteiger partial charge is 0.353 e. The number of halogens is 2. The van der Waals surface area contributed by atoms with Gasteiger partial charge in [-0.25, -0.2) is 13.6 Å². The van der Waals surface area contributed by atoms with Crippen LogP contribution in [0.15, 0.2) is 10.9 Å². The van der Waals surface area contributed by atoms with Crippen molar-refractivity contribution in [2.24, 2.45) is 0 Å². The molecule has 0 bridgehead atoms. The Labute approximate surface area is 85.5 Å². The highest BCUT2D eigenvalue weighted by molar-refractivity contribution is 5.88. The summed E-state index contributed by atoms with van der Waals surface area (Å²) in [6.07, 6.45) is -3.37. The first-order valence-corrected chi connectivity index (χ1v) is 3.77. The molecule has 9 heteroatoms. The molecule has 0 spiro atoms. The van der Waals surface area contributed by atoms with Gasteiger partial charge in [0.2, 0.25) is 0 Å². The van der Waals surface area contributed by atoms with Crippen molar-refractivity contribution in [3.63, 3.8) is 0 Å². The lowest BCUT2D eigenvalue weighted by molar-refractivity contribution is -0.386. The van der Waals surface area contributed by atoms with E-state index in [9.17, 15) is 28.5 Å². The minimum absolute atomic E-state index is 0.313. The van der Waals surface area contributed by atoms with E-state index in [0.29, 0.717) is 6.07 Å². The average Bonchev–Trinajstić information content (AvgIpc) is 2.15. The van der Waals surface area contributed by atoms with E-state index in [1.54, 1.807) is 4.98 Å². The molecule has 2 N–H and O–H groups in total. The van der Waals surface area contributed by atoms with Gasteiger partial charge in [-0.3, -0.25) is 14.9 Å². The number of pyridine rings is 1. The fourth-order valence-corrected chi connectivity index (χ4v) is 1.10. The van der Waals surface area contributed by atoms with E-state index in [1.807, 2.05) is 0 Å². The molecule has 1 rings (SSSR count). The van der Waals surface area contributed by atoms with Crippen molar-refractivity contribution in [2.75, 3.05) is 0 Å². The summed E-state index contributed by atoms with van der Waals surface area (Å²) in [6.45, 7) is 0. The molecule has 1 aromatic heterocycles. The van der Waals surface area contributed by atoms with Gasteiger partial charge in [-0.05, 0) is 0 Å². The summed E-state index contributed by atoms with van der Waals surface area (Å²) in [5.41, 5.74) is -4.82. The third-order valence-corrected chi connectivity index (χ3v) is 1.69. The third kappa shape index (κ3) is 2.02. The van der Waals surface area contributed by atoms with E-state index in [-0.39, 0.29) is 0 Å². The van der Waals surface area contributed by atoms with Crippen LogP contribution in [-0.4, -0.2) is 21.0 Å². The number of nitrogens with zero attached hydrogens (tertiary/aromatic N) is 1. The summed E-state index contributed by atoms with van der Waals surface area (Å²) in [5.74, 6) is -1.86. The number of carboxylic acid groups (broad SMARTS) is 1. The lowest BCUT2D eigenvalue weighted by Gasteiger charge is -2.04. The van der Waals surface area contributed by atoms with Gasteiger partial charge in [0.15, 0.2) is 0 Å². The number of aromatic carboxylic acids is 1. The highest BCUT2D eigenvalue weighted by atomic mass is 19.3. The number of aromatic amines is 1. The van der Waals surface area contributed by atoms with Gasteiger partial charge >= 0.3 is 5.97 Å². The van der Waals surface area contributed by atoms with E-state index >= 15 is 0 Å². The number of aromatic nitrogens is 1. The maximum Gasteiger partial charge on any atom is 0.353 e. The fraction of sp³-hybridized carbons (Fsp3) is 0.143. The number of nitrogens with one attached hydrogen (secondary N) is 1. The van der Waals surface area contributed by atoms with Crippen molar-refractivity contribution in [2.45, 2.75) is 6.43 Å². The van der Waals surface area contributed by atoms with Gasteiger partial charge in [-0.2, -0.15) is 0 Å². The van der Waals surface area contributed by atoms with Crippen molar-refractivity contribution in [1.82, 2.24) is 4.98 Å². The Balaban J connectivity index is 3.67. The van der Waals surface area contributed by atoms with Crippen LogP contribution in [0.3, 0.4) is 0 Å². The van der Waals surface area contributed by atoms with Crippen LogP contribution in [-0.2, 0) is 0 Å². The Kier molecular flexibility index (Phi) is 2.97. The summed E-state index contributed by atoms with van der Waals surface area (Å²) >= 11 is 0. The first-order valence-electron chi connectivity index (χ1n) is 3.77. The van der Waals surface area contributed by atoms with Crippen LogP contribution in [0.2, 0.25) is 0 Å². The van der Waals surface area contributed by atoms with Crippen LogP contribution in [0.4, 0.5) is 14.5 Å². The maximum absolute atomic E-state index is 12.5. The molecule has 0 saturated carbocycles. The zero-order chi connectivity index (χ0) is 12.5. The Morgan fingerprint density at radius 1 is 1.56 bits per heavy atom. The fourth-order valence-electron chi connectivity index (χ4n) is 1.10. The molecule has 16 heavy (non-hydrogen) atoms. The number of nitro groups is 1. The van der Waals surface area contributed by atoms with Crippen LogP contribution in [0.25, 0.3) is 0 Å². The van der Waals surface area contributed by atoms with E-state index in [2.05, 4.69) is 0 Å². The largest absolute Gasteiger partial charge is 0.477 e. The summed E-state index contributed by atoms with van der Waals surface area (Å²) in [5, 5.41) is 18.9. The zero-order valence-electron chi connectivity index (χ0n) is 7.44. The number of H-pyrrole nitrogens is 1. The molecular weight excluding hydrogens is 230 g/mol. The SMILES string of the molecule is O=C(O)c1[nH]c(=O)cc([N+](=O)[O-])c1C(F)F. The van der Waals surface area contributed by atoms with Gasteiger partial charge in [0.1, 0.15) is 11.3 Å². The molecule has 0 radical (unpaired) electrons. The molecule has 0 aliphatic carbocycles. The van der Waals surface area contributed by atoms with E-state index < -0.39 is 39.8 Å². The van der Waals surface area contributed by atoms with Gasteiger partial charge < -0.3 is 10.1 Å². The standard InChI is InChI=1S/C7H4F2N2O5/c8-6(9)4-2(11(15)16)1-3(12)10-5(4)7(13)14/h1,6H,(H,10,12)(H,13,14). The molecule has 0 aromatic carbocycles. The minimum atomic E-state index is -3.37. The van der Waals surface area contributed by atoms with Crippen molar-refractivity contribution in [3.05, 3.63) is 37.8 Å². The molecule has 0 fully saturated rings. The number of alkyl halides is 2. The number of hydrogen-bond donors (Lipinski definition) is 2. The Hall–Kier alpha value is -2.32. The van der Waals surface area contributed by atoms with Gasteiger partial charge in [-0.15, -0.1) is 0 Å². The summed E-state index contributed by atoms with van der Waals surface area (Å²) in [6, 6.07) is 0.313.